The molecule has 2 aromatic heterocycles. The fourth-order valence-corrected chi connectivity index (χ4v) is 4.08. The molecule has 140 valence electrons. The van der Waals surface area contributed by atoms with Gasteiger partial charge in [-0.15, -0.1) is 11.3 Å². The van der Waals surface area contributed by atoms with Gasteiger partial charge >= 0.3 is 0 Å². The molecule has 0 saturated carbocycles. The maximum absolute atomic E-state index is 12.6. The number of hydrogen-bond donors (Lipinski definition) is 3. The number of rotatable bonds is 3. The van der Waals surface area contributed by atoms with Gasteiger partial charge in [0.05, 0.1) is 11.3 Å². The van der Waals surface area contributed by atoms with E-state index in [0.717, 1.165) is 27.2 Å². The molecule has 2 aromatic carbocycles. The van der Waals surface area contributed by atoms with E-state index in [0.29, 0.717) is 16.1 Å². The summed E-state index contributed by atoms with van der Waals surface area (Å²) in [5.74, 6) is -0.753. The van der Waals surface area contributed by atoms with Gasteiger partial charge in [-0.05, 0) is 19.9 Å². The first kappa shape index (κ1) is 17.9. The van der Waals surface area contributed by atoms with Crippen LogP contribution in [-0.2, 0) is 0 Å². The third-order valence-corrected chi connectivity index (χ3v) is 5.64. The van der Waals surface area contributed by atoms with Crippen molar-refractivity contribution >= 4 is 34.1 Å². The molecule has 4 aromatic rings. The van der Waals surface area contributed by atoms with E-state index >= 15 is 0 Å². The second kappa shape index (κ2) is 7.28. The Kier molecular flexibility index (Phi) is 4.67. The first-order chi connectivity index (χ1) is 13.5. The minimum atomic E-state index is -0.386. The summed E-state index contributed by atoms with van der Waals surface area (Å²) in [4.78, 5) is 33.3. The van der Waals surface area contributed by atoms with E-state index in [2.05, 4.69) is 20.8 Å². The molecule has 0 radical (unpaired) electrons. The van der Waals surface area contributed by atoms with Crippen LogP contribution in [0.5, 0.6) is 0 Å². The highest BCUT2D eigenvalue weighted by atomic mass is 32.1. The first-order valence-corrected chi connectivity index (χ1v) is 9.57. The van der Waals surface area contributed by atoms with Crippen molar-refractivity contribution in [3.8, 4) is 10.6 Å². The molecule has 7 heteroatoms. The molecule has 0 atom stereocenters. The van der Waals surface area contributed by atoms with Crippen molar-refractivity contribution in [3.63, 3.8) is 0 Å². The number of fused-ring (bicyclic) bond motifs is 1. The van der Waals surface area contributed by atoms with Crippen LogP contribution in [0.25, 0.3) is 21.5 Å². The van der Waals surface area contributed by atoms with Crippen molar-refractivity contribution in [1.29, 1.82) is 0 Å². The Morgan fingerprint density at radius 2 is 1.61 bits per heavy atom. The van der Waals surface area contributed by atoms with Gasteiger partial charge in [-0.2, -0.15) is 0 Å². The normalized spacial score (nSPS) is 10.8. The molecule has 0 unspecified atom stereocenters. The SMILES string of the molecule is Cc1nc(-c2ccccc2)sc1C(=O)NNC(=O)c1c(C)[nH]c2ccccc12. The molecule has 2 heterocycles. The standard InChI is InChI=1S/C21H18N4O2S/c1-12-17(15-10-6-7-11-16(15)22-12)19(26)24-25-20(27)18-13(2)23-21(28-18)14-8-4-3-5-9-14/h3-11,22H,1-2H3,(H,24,26)(H,25,27). The molecule has 0 bridgehead atoms. The van der Waals surface area contributed by atoms with Crippen LogP contribution in [0.4, 0.5) is 0 Å². The molecule has 0 fully saturated rings. The lowest BCUT2D eigenvalue weighted by Crippen LogP contribution is -2.41. The predicted octanol–water partition coefficient (Wildman–Crippen LogP) is 3.98. The summed E-state index contributed by atoms with van der Waals surface area (Å²) < 4.78 is 0. The van der Waals surface area contributed by atoms with Crippen molar-refractivity contribution in [2.75, 3.05) is 0 Å². The molecular weight excluding hydrogens is 372 g/mol. The average molecular weight is 390 g/mol. The maximum atomic E-state index is 12.6. The smallest absolute Gasteiger partial charge is 0.281 e. The number of nitrogens with zero attached hydrogens (tertiary/aromatic N) is 1. The minimum absolute atomic E-state index is 0.367. The van der Waals surface area contributed by atoms with Crippen LogP contribution in [0.15, 0.2) is 54.6 Å². The van der Waals surface area contributed by atoms with Gasteiger partial charge in [-0.1, -0.05) is 48.5 Å². The molecule has 4 rings (SSSR count). The highest BCUT2D eigenvalue weighted by Crippen LogP contribution is 2.27. The van der Waals surface area contributed by atoms with Gasteiger partial charge < -0.3 is 4.98 Å². The summed E-state index contributed by atoms with van der Waals surface area (Å²) >= 11 is 1.29. The van der Waals surface area contributed by atoms with Crippen LogP contribution in [0.1, 0.15) is 31.4 Å². The summed E-state index contributed by atoms with van der Waals surface area (Å²) in [6, 6.07) is 17.2. The number of thiazole rings is 1. The number of para-hydroxylation sites is 1. The molecule has 0 aliphatic heterocycles. The maximum Gasteiger partial charge on any atom is 0.281 e. The van der Waals surface area contributed by atoms with Crippen molar-refractivity contribution in [3.05, 3.63) is 76.4 Å². The zero-order chi connectivity index (χ0) is 19.7. The second-order valence-corrected chi connectivity index (χ2v) is 7.38. The summed E-state index contributed by atoms with van der Waals surface area (Å²) in [5, 5.41) is 1.58. The van der Waals surface area contributed by atoms with E-state index < -0.39 is 0 Å². The second-order valence-electron chi connectivity index (χ2n) is 6.38. The molecule has 0 saturated heterocycles. The molecule has 2 amide bonds. The Labute approximate surface area is 165 Å². The Hall–Kier alpha value is -3.45. The topological polar surface area (TPSA) is 86.9 Å². The molecule has 28 heavy (non-hydrogen) atoms. The van der Waals surface area contributed by atoms with Crippen LogP contribution < -0.4 is 10.9 Å². The van der Waals surface area contributed by atoms with E-state index in [1.54, 1.807) is 6.92 Å². The van der Waals surface area contributed by atoms with Crippen molar-refractivity contribution in [2.45, 2.75) is 13.8 Å². The lowest BCUT2D eigenvalue weighted by atomic mass is 10.1. The third kappa shape index (κ3) is 3.27. The molecule has 0 aliphatic carbocycles. The van der Waals surface area contributed by atoms with E-state index in [1.807, 2.05) is 61.5 Å². The molecule has 6 nitrogen and oxygen atoms in total. The fourth-order valence-electron chi connectivity index (χ4n) is 3.11. The largest absolute Gasteiger partial charge is 0.358 e. The van der Waals surface area contributed by atoms with E-state index in [1.165, 1.54) is 11.3 Å². The number of carbonyl (C=O) groups is 2. The quantitative estimate of drug-likeness (QED) is 0.462. The van der Waals surface area contributed by atoms with Crippen LogP contribution in [-0.4, -0.2) is 21.8 Å². The first-order valence-electron chi connectivity index (χ1n) is 8.75. The Morgan fingerprint density at radius 1 is 0.929 bits per heavy atom. The van der Waals surface area contributed by atoms with Crippen LogP contribution in [0.3, 0.4) is 0 Å². The van der Waals surface area contributed by atoms with Gasteiger partial charge in [0.15, 0.2) is 0 Å². The number of H-pyrrole nitrogens is 1. The number of benzene rings is 2. The number of amides is 2. The van der Waals surface area contributed by atoms with E-state index in [4.69, 9.17) is 0 Å². The monoisotopic (exact) mass is 390 g/mol. The highest BCUT2D eigenvalue weighted by Gasteiger charge is 2.19. The van der Waals surface area contributed by atoms with Gasteiger partial charge in [0.2, 0.25) is 0 Å². The Morgan fingerprint density at radius 3 is 2.39 bits per heavy atom. The highest BCUT2D eigenvalue weighted by molar-refractivity contribution is 7.17. The van der Waals surface area contributed by atoms with Crippen LogP contribution >= 0.6 is 11.3 Å². The number of aromatic nitrogens is 2. The molecule has 0 aliphatic rings. The van der Waals surface area contributed by atoms with Gasteiger partial charge in [0, 0.05) is 22.2 Å². The summed E-state index contributed by atoms with van der Waals surface area (Å²) in [5.41, 5.74) is 8.73. The van der Waals surface area contributed by atoms with Crippen molar-refractivity contribution in [1.82, 2.24) is 20.8 Å². The molecular formula is C21H18N4O2S. The van der Waals surface area contributed by atoms with Crippen molar-refractivity contribution in [2.24, 2.45) is 0 Å². The number of nitrogens with one attached hydrogen (secondary N) is 3. The van der Waals surface area contributed by atoms with Gasteiger partial charge in [0.1, 0.15) is 9.88 Å². The van der Waals surface area contributed by atoms with Crippen LogP contribution in [0.2, 0.25) is 0 Å². The summed E-state index contributed by atoms with van der Waals surface area (Å²) in [6.07, 6.45) is 0. The number of carbonyl (C=O) groups excluding carboxylic acids is 2. The number of hydrazine groups is 1. The molecule has 3 N–H and O–H groups in total. The fraction of sp³-hybridized carbons (Fsp3) is 0.0952. The summed E-state index contributed by atoms with van der Waals surface area (Å²) in [7, 11) is 0. The van der Waals surface area contributed by atoms with Gasteiger partial charge in [0.25, 0.3) is 11.8 Å². The number of aromatic amines is 1. The van der Waals surface area contributed by atoms with E-state index in [-0.39, 0.29) is 11.8 Å². The predicted molar refractivity (Wildman–Crippen MR) is 110 cm³/mol. The van der Waals surface area contributed by atoms with Gasteiger partial charge in [-0.3, -0.25) is 20.4 Å². The Bertz CT molecular complexity index is 1180. The Balaban J connectivity index is 1.51. The number of aryl methyl sites for hydroxylation is 2. The zero-order valence-corrected chi connectivity index (χ0v) is 16.2. The van der Waals surface area contributed by atoms with Gasteiger partial charge in [-0.25, -0.2) is 4.98 Å². The third-order valence-electron chi connectivity index (χ3n) is 4.43. The number of hydrogen-bond acceptors (Lipinski definition) is 4. The average Bonchev–Trinajstić information content (AvgIpc) is 3.26. The lowest BCUT2D eigenvalue weighted by molar-refractivity contribution is 0.0849. The minimum Gasteiger partial charge on any atom is -0.358 e. The lowest BCUT2D eigenvalue weighted by Gasteiger charge is -2.07. The van der Waals surface area contributed by atoms with E-state index in [9.17, 15) is 9.59 Å². The molecule has 0 spiro atoms. The summed E-state index contributed by atoms with van der Waals surface area (Å²) in [6.45, 7) is 3.61. The van der Waals surface area contributed by atoms with Crippen LogP contribution in [0, 0.1) is 13.8 Å². The zero-order valence-electron chi connectivity index (χ0n) is 15.4. The van der Waals surface area contributed by atoms with Crippen molar-refractivity contribution < 1.29 is 9.59 Å².